The van der Waals surface area contributed by atoms with Crippen LogP contribution in [0.3, 0.4) is 0 Å². The van der Waals surface area contributed by atoms with Gasteiger partial charge in [0.2, 0.25) is 0 Å². The van der Waals surface area contributed by atoms with Gasteiger partial charge in [0.1, 0.15) is 0 Å². The Morgan fingerprint density at radius 3 is 2.53 bits per heavy atom. The van der Waals surface area contributed by atoms with Crippen molar-refractivity contribution in [2.75, 3.05) is 13.1 Å². The lowest BCUT2D eigenvalue weighted by molar-refractivity contribution is 0.0859. The molecule has 2 rings (SSSR count). The van der Waals surface area contributed by atoms with Gasteiger partial charge in [-0.05, 0) is 38.3 Å². The van der Waals surface area contributed by atoms with E-state index >= 15 is 0 Å². The second-order valence-corrected chi connectivity index (χ2v) is 5.05. The van der Waals surface area contributed by atoms with Gasteiger partial charge in [0.05, 0.1) is 0 Å². The van der Waals surface area contributed by atoms with Crippen LogP contribution in [0, 0.1) is 0 Å². The van der Waals surface area contributed by atoms with E-state index in [0.29, 0.717) is 6.04 Å². The molecule has 0 bridgehead atoms. The molecule has 0 spiro atoms. The standard InChI is InChI=1S/C15H24N2/c1-13(14-7-3-2-4-8-14)17(12-6-11-16)15-9-5-10-15/h2-4,7-8,13,15H,5-6,9-12,16H2,1H3. The van der Waals surface area contributed by atoms with Gasteiger partial charge in [0.15, 0.2) is 0 Å². The maximum atomic E-state index is 5.65. The third-order valence-corrected chi connectivity index (χ3v) is 3.94. The fourth-order valence-corrected chi connectivity index (χ4v) is 2.61. The van der Waals surface area contributed by atoms with Crippen molar-refractivity contribution in [2.45, 2.75) is 44.7 Å². The molecule has 2 heteroatoms. The van der Waals surface area contributed by atoms with E-state index in [1.54, 1.807) is 0 Å². The van der Waals surface area contributed by atoms with Crippen LogP contribution in [0.5, 0.6) is 0 Å². The molecule has 17 heavy (non-hydrogen) atoms. The van der Waals surface area contributed by atoms with Crippen molar-refractivity contribution < 1.29 is 0 Å². The Bertz CT molecular complexity index is 319. The molecule has 0 aromatic heterocycles. The highest BCUT2D eigenvalue weighted by Crippen LogP contribution is 2.32. The van der Waals surface area contributed by atoms with Gasteiger partial charge < -0.3 is 5.73 Å². The van der Waals surface area contributed by atoms with E-state index in [0.717, 1.165) is 25.6 Å². The van der Waals surface area contributed by atoms with Crippen LogP contribution in [-0.2, 0) is 0 Å². The van der Waals surface area contributed by atoms with Crippen LogP contribution in [-0.4, -0.2) is 24.0 Å². The van der Waals surface area contributed by atoms with Crippen molar-refractivity contribution in [3.8, 4) is 0 Å². The van der Waals surface area contributed by atoms with Crippen LogP contribution in [0.25, 0.3) is 0 Å². The number of rotatable bonds is 6. The first-order valence-electron chi connectivity index (χ1n) is 6.83. The van der Waals surface area contributed by atoms with Gasteiger partial charge in [-0.25, -0.2) is 0 Å². The lowest BCUT2D eigenvalue weighted by Gasteiger charge is -2.41. The monoisotopic (exact) mass is 232 g/mol. The maximum Gasteiger partial charge on any atom is 0.0322 e. The molecular weight excluding hydrogens is 208 g/mol. The molecule has 0 aliphatic heterocycles. The Morgan fingerprint density at radius 1 is 1.29 bits per heavy atom. The van der Waals surface area contributed by atoms with Gasteiger partial charge in [-0.1, -0.05) is 36.8 Å². The Kier molecular flexibility index (Phi) is 4.57. The van der Waals surface area contributed by atoms with Crippen LogP contribution in [0.1, 0.15) is 44.2 Å². The predicted octanol–water partition coefficient (Wildman–Crippen LogP) is 2.95. The van der Waals surface area contributed by atoms with Gasteiger partial charge >= 0.3 is 0 Å². The third kappa shape index (κ3) is 3.08. The SMILES string of the molecule is CC(c1ccccc1)N(CCCN)C1CCC1. The van der Waals surface area contributed by atoms with E-state index in [1.165, 1.54) is 24.8 Å². The molecule has 0 heterocycles. The van der Waals surface area contributed by atoms with Gasteiger partial charge in [0, 0.05) is 18.6 Å². The van der Waals surface area contributed by atoms with Crippen LogP contribution in [0.2, 0.25) is 0 Å². The summed E-state index contributed by atoms with van der Waals surface area (Å²) in [5.41, 5.74) is 7.08. The van der Waals surface area contributed by atoms with E-state index in [4.69, 9.17) is 5.73 Å². The van der Waals surface area contributed by atoms with Crippen molar-refractivity contribution in [1.29, 1.82) is 0 Å². The first kappa shape index (κ1) is 12.6. The van der Waals surface area contributed by atoms with Gasteiger partial charge in [-0.3, -0.25) is 4.90 Å². The number of benzene rings is 1. The summed E-state index contributed by atoms with van der Waals surface area (Å²) in [6.07, 6.45) is 5.22. The molecule has 1 aromatic carbocycles. The van der Waals surface area contributed by atoms with E-state index in [2.05, 4.69) is 42.2 Å². The molecule has 1 aliphatic rings. The van der Waals surface area contributed by atoms with Gasteiger partial charge in [-0.2, -0.15) is 0 Å². The lowest BCUT2D eigenvalue weighted by atomic mass is 9.89. The Balaban J connectivity index is 2.03. The second kappa shape index (κ2) is 6.18. The van der Waals surface area contributed by atoms with Crippen molar-refractivity contribution >= 4 is 0 Å². The highest BCUT2D eigenvalue weighted by molar-refractivity contribution is 5.18. The molecule has 1 aromatic rings. The van der Waals surface area contributed by atoms with E-state index in [1.807, 2.05) is 0 Å². The van der Waals surface area contributed by atoms with Gasteiger partial charge in [-0.15, -0.1) is 0 Å². The summed E-state index contributed by atoms with van der Waals surface area (Å²) in [5.74, 6) is 0. The van der Waals surface area contributed by atoms with E-state index < -0.39 is 0 Å². The summed E-state index contributed by atoms with van der Waals surface area (Å²) in [6, 6.07) is 12.1. The molecule has 1 fully saturated rings. The van der Waals surface area contributed by atoms with Crippen molar-refractivity contribution in [3.05, 3.63) is 35.9 Å². The second-order valence-electron chi connectivity index (χ2n) is 5.05. The average molecular weight is 232 g/mol. The van der Waals surface area contributed by atoms with Crippen LogP contribution >= 0.6 is 0 Å². The average Bonchev–Trinajstić information content (AvgIpc) is 2.32. The van der Waals surface area contributed by atoms with Crippen LogP contribution in [0.15, 0.2) is 30.3 Å². The summed E-state index contributed by atoms with van der Waals surface area (Å²) < 4.78 is 0. The van der Waals surface area contributed by atoms with Crippen LogP contribution < -0.4 is 5.73 Å². The number of nitrogens with two attached hydrogens (primary N) is 1. The predicted molar refractivity (Wildman–Crippen MR) is 72.9 cm³/mol. The fraction of sp³-hybridized carbons (Fsp3) is 0.600. The summed E-state index contributed by atoms with van der Waals surface area (Å²) in [5, 5.41) is 0. The number of hydrogen-bond acceptors (Lipinski definition) is 2. The minimum atomic E-state index is 0.521. The largest absolute Gasteiger partial charge is 0.330 e. The zero-order chi connectivity index (χ0) is 12.1. The maximum absolute atomic E-state index is 5.65. The van der Waals surface area contributed by atoms with E-state index in [9.17, 15) is 0 Å². The molecule has 0 amide bonds. The zero-order valence-corrected chi connectivity index (χ0v) is 10.8. The smallest absolute Gasteiger partial charge is 0.0322 e. The zero-order valence-electron chi connectivity index (χ0n) is 10.8. The fourth-order valence-electron chi connectivity index (χ4n) is 2.61. The first-order chi connectivity index (χ1) is 8.33. The van der Waals surface area contributed by atoms with Crippen LogP contribution in [0.4, 0.5) is 0 Å². The minimum absolute atomic E-state index is 0.521. The molecule has 1 saturated carbocycles. The molecule has 1 unspecified atom stereocenters. The van der Waals surface area contributed by atoms with Crippen molar-refractivity contribution in [2.24, 2.45) is 5.73 Å². The highest BCUT2D eigenvalue weighted by atomic mass is 15.2. The normalized spacial score (nSPS) is 18.1. The Labute approximate surface area is 105 Å². The molecule has 2 nitrogen and oxygen atoms in total. The summed E-state index contributed by atoms with van der Waals surface area (Å²) in [4.78, 5) is 2.64. The topological polar surface area (TPSA) is 29.3 Å². The first-order valence-corrected chi connectivity index (χ1v) is 6.83. The minimum Gasteiger partial charge on any atom is -0.330 e. The molecule has 0 radical (unpaired) electrons. The summed E-state index contributed by atoms with van der Waals surface area (Å²) in [7, 11) is 0. The molecule has 94 valence electrons. The summed E-state index contributed by atoms with van der Waals surface area (Å²) in [6.45, 7) is 4.26. The summed E-state index contributed by atoms with van der Waals surface area (Å²) >= 11 is 0. The Hall–Kier alpha value is -0.860. The Morgan fingerprint density at radius 2 is 2.00 bits per heavy atom. The number of hydrogen-bond donors (Lipinski definition) is 1. The lowest BCUT2D eigenvalue weighted by Crippen LogP contribution is -2.42. The molecule has 1 atom stereocenters. The molecule has 1 aliphatic carbocycles. The van der Waals surface area contributed by atoms with E-state index in [-0.39, 0.29) is 0 Å². The van der Waals surface area contributed by atoms with Gasteiger partial charge in [0.25, 0.3) is 0 Å². The third-order valence-electron chi connectivity index (χ3n) is 3.94. The highest BCUT2D eigenvalue weighted by Gasteiger charge is 2.28. The quantitative estimate of drug-likeness (QED) is 0.817. The number of nitrogens with zero attached hydrogens (tertiary/aromatic N) is 1. The molecule has 0 saturated heterocycles. The molecular formula is C15H24N2. The van der Waals surface area contributed by atoms with Crippen molar-refractivity contribution in [1.82, 2.24) is 4.90 Å². The molecule has 2 N–H and O–H groups in total. The van der Waals surface area contributed by atoms with Crippen molar-refractivity contribution in [3.63, 3.8) is 0 Å².